The number of thioether (sulfide) groups is 1. The number of anilines is 1. The zero-order chi connectivity index (χ0) is 19.7. The molecule has 140 valence electrons. The molecule has 2 heterocycles. The van der Waals surface area contributed by atoms with Crippen molar-refractivity contribution in [1.82, 2.24) is 19.1 Å². The van der Waals surface area contributed by atoms with Crippen LogP contribution in [0.4, 0.5) is 10.1 Å². The minimum absolute atomic E-state index is 0.0189. The molecule has 2 aromatic heterocycles. The maximum absolute atomic E-state index is 12.9. The van der Waals surface area contributed by atoms with Gasteiger partial charge in [-0.15, -0.1) is 0 Å². The van der Waals surface area contributed by atoms with E-state index in [2.05, 4.69) is 15.3 Å². The Morgan fingerprint density at radius 2 is 1.81 bits per heavy atom. The molecule has 0 aliphatic heterocycles. The third-order valence-electron chi connectivity index (χ3n) is 3.85. The van der Waals surface area contributed by atoms with Crippen molar-refractivity contribution in [1.29, 1.82) is 0 Å². The molecule has 0 fully saturated rings. The summed E-state index contributed by atoms with van der Waals surface area (Å²) in [6, 6.07) is 5.39. The molecule has 0 saturated heterocycles. The molecular weight excluding hydrogens is 373 g/mol. The summed E-state index contributed by atoms with van der Waals surface area (Å²) < 4.78 is 15.2. The topological polar surface area (TPSA) is 98.9 Å². The lowest BCUT2D eigenvalue weighted by molar-refractivity contribution is -0.113. The molecule has 8 nitrogen and oxygen atoms in total. The van der Waals surface area contributed by atoms with Crippen LogP contribution in [-0.4, -0.2) is 30.8 Å². The summed E-state index contributed by atoms with van der Waals surface area (Å²) in [5.74, 6) is -0.369. The highest BCUT2D eigenvalue weighted by atomic mass is 32.2. The molecule has 0 radical (unpaired) electrons. The van der Waals surface area contributed by atoms with Crippen LogP contribution in [0.3, 0.4) is 0 Å². The van der Waals surface area contributed by atoms with Crippen molar-refractivity contribution in [2.24, 2.45) is 14.1 Å². The number of nitrogens with zero attached hydrogens (tertiary/aromatic N) is 4. The highest BCUT2D eigenvalue weighted by Crippen LogP contribution is 2.22. The molecule has 0 saturated carbocycles. The average Bonchev–Trinajstić information content (AvgIpc) is 2.64. The van der Waals surface area contributed by atoms with E-state index in [1.54, 1.807) is 6.92 Å². The molecule has 0 atom stereocenters. The van der Waals surface area contributed by atoms with E-state index in [4.69, 9.17) is 0 Å². The van der Waals surface area contributed by atoms with Crippen molar-refractivity contribution in [3.05, 3.63) is 56.7 Å². The van der Waals surface area contributed by atoms with Gasteiger partial charge in [-0.3, -0.25) is 18.7 Å². The number of hydrogen-bond acceptors (Lipinski definition) is 6. The molecule has 0 spiro atoms. The standard InChI is InChI=1S/C17H16FN5O3S/c1-9-19-14-13(16(25)23(3)17(26)22(14)2)15(20-9)27-8-12(24)21-11-6-4-10(18)5-7-11/h4-7H,8H2,1-3H3,(H,21,24). The number of carbonyl (C=O) groups excluding carboxylic acids is 1. The van der Waals surface area contributed by atoms with E-state index < -0.39 is 17.1 Å². The fourth-order valence-corrected chi connectivity index (χ4v) is 3.36. The number of benzene rings is 1. The first-order chi connectivity index (χ1) is 12.8. The quantitative estimate of drug-likeness (QED) is 0.532. The first-order valence-electron chi connectivity index (χ1n) is 7.90. The number of hydrogen-bond donors (Lipinski definition) is 1. The minimum Gasteiger partial charge on any atom is -0.325 e. The van der Waals surface area contributed by atoms with Gasteiger partial charge in [-0.25, -0.2) is 19.2 Å². The second-order valence-corrected chi connectivity index (χ2v) is 6.79. The molecule has 0 aliphatic carbocycles. The van der Waals surface area contributed by atoms with Crippen molar-refractivity contribution >= 4 is 34.4 Å². The van der Waals surface area contributed by atoms with Gasteiger partial charge in [0.25, 0.3) is 5.56 Å². The summed E-state index contributed by atoms with van der Waals surface area (Å²) in [5, 5.41) is 3.15. The van der Waals surface area contributed by atoms with E-state index in [0.29, 0.717) is 16.5 Å². The highest BCUT2D eigenvalue weighted by Gasteiger charge is 2.17. The maximum atomic E-state index is 12.9. The molecule has 0 aliphatic rings. The molecule has 3 rings (SSSR count). The highest BCUT2D eigenvalue weighted by molar-refractivity contribution is 8.00. The molecule has 1 aromatic carbocycles. The van der Waals surface area contributed by atoms with Crippen LogP contribution < -0.4 is 16.6 Å². The molecule has 1 amide bonds. The Labute approximate surface area is 157 Å². The van der Waals surface area contributed by atoms with Crippen LogP contribution >= 0.6 is 11.8 Å². The number of halogens is 1. The summed E-state index contributed by atoms with van der Waals surface area (Å²) >= 11 is 1.07. The normalized spacial score (nSPS) is 11.0. The Bertz CT molecular complexity index is 1150. The van der Waals surface area contributed by atoms with Crippen molar-refractivity contribution < 1.29 is 9.18 Å². The van der Waals surface area contributed by atoms with E-state index in [1.165, 1.54) is 42.9 Å². The second-order valence-electron chi connectivity index (χ2n) is 5.82. The van der Waals surface area contributed by atoms with Crippen molar-refractivity contribution in [2.45, 2.75) is 11.9 Å². The first-order valence-corrected chi connectivity index (χ1v) is 8.89. The summed E-state index contributed by atoms with van der Waals surface area (Å²) in [7, 11) is 2.89. The number of amides is 1. The van der Waals surface area contributed by atoms with E-state index in [0.717, 1.165) is 16.3 Å². The van der Waals surface area contributed by atoms with Gasteiger partial charge in [0.15, 0.2) is 5.65 Å². The SMILES string of the molecule is Cc1nc(SCC(=O)Nc2ccc(F)cc2)c2c(=O)n(C)c(=O)n(C)c2n1. The van der Waals surface area contributed by atoms with E-state index >= 15 is 0 Å². The van der Waals surface area contributed by atoms with Crippen LogP contribution in [-0.2, 0) is 18.9 Å². The zero-order valence-corrected chi connectivity index (χ0v) is 15.6. The Kier molecular flexibility index (Phi) is 5.08. The van der Waals surface area contributed by atoms with Gasteiger partial charge in [0.1, 0.15) is 22.1 Å². The van der Waals surface area contributed by atoms with Crippen LogP contribution in [0.15, 0.2) is 38.9 Å². The predicted octanol–water partition coefficient (Wildman–Crippen LogP) is 1.21. The van der Waals surface area contributed by atoms with Gasteiger partial charge in [-0.2, -0.15) is 0 Å². The zero-order valence-electron chi connectivity index (χ0n) is 14.8. The predicted molar refractivity (Wildman–Crippen MR) is 101 cm³/mol. The van der Waals surface area contributed by atoms with Gasteiger partial charge in [-0.05, 0) is 31.2 Å². The largest absolute Gasteiger partial charge is 0.332 e. The Hall–Kier alpha value is -3.01. The lowest BCUT2D eigenvalue weighted by Gasteiger charge is -2.10. The summed E-state index contributed by atoms with van der Waals surface area (Å²) in [5.41, 5.74) is -0.328. The Balaban J connectivity index is 1.91. The third kappa shape index (κ3) is 3.75. The Morgan fingerprint density at radius 1 is 1.15 bits per heavy atom. The molecule has 3 aromatic rings. The van der Waals surface area contributed by atoms with Gasteiger partial charge < -0.3 is 5.32 Å². The van der Waals surface area contributed by atoms with Crippen LogP contribution in [0.2, 0.25) is 0 Å². The van der Waals surface area contributed by atoms with E-state index in [9.17, 15) is 18.8 Å². The van der Waals surface area contributed by atoms with Crippen LogP contribution in [0.1, 0.15) is 5.82 Å². The molecule has 0 unspecified atom stereocenters. The molecule has 1 N–H and O–H groups in total. The smallest absolute Gasteiger partial charge is 0.325 e. The second kappa shape index (κ2) is 7.31. The average molecular weight is 389 g/mol. The number of aromatic nitrogens is 4. The van der Waals surface area contributed by atoms with Gasteiger partial charge in [0.05, 0.1) is 5.75 Å². The number of nitrogens with one attached hydrogen (secondary N) is 1. The van der Waals surface area contributed by atoms with Crippen LogP contribution in [0.25, 0.3) is 11.0 Å². The number of aryl methyl sites for hydroxylation is 2. The summed E-state index contributed by atoms with van der Waals surface area (Å²) in [4.78, 5) is 45.2. The Morgan fingerprint density at radius 3 is 2.48 bits per heavy atom. The van der Waals surface area contributed by atoms with Crippen molar-refractivity contribution in [3.63, 3.8) is 0 Å². The van der Waals surface area contributed by atoms with Crippen LogP contribution in [0, 0.1) is 12.7 Å². The van der Waals surface area contributed by atoms with Crippen molar-refractivity contribution in [2.75, 3.05) is 11.1 Å². The lowest BCUT2D eigenvalue weighted by Crippen LogP contribution is -2.37. The number of rotatable bonds is 4. The van der Waals surface area contributed by atoms with Gasteiger partial charge in [0.2, 0.25) is 5.91 Å². The van der Waals surface area contributed by atoms with E-state index in [-0.39, 0.29) is 22.7 Å². The molecule has 27 heavy (non-hydrogen) atoms. The van der Waals surface area contributed by atoms with Crippen molar-refractivity contribution in [3.8, 4) is 0 Å². The summed E-state index contributed by atoms with van der Waals surface area (Å²) in [6.45, 7) is 1.64. The third-order valence-corrected chi connectivity index (χ3v) is 4.82. The number of fused-ring (bicyclic) bond motifs is 1. The number of carbonyl (C=O) groups is 1. The van der Waals surface area contributed by atoms with Gasteiger partial charge in [-0.1, -0.05) is 11.8 Å². The fourth-order valence-electron chi connectivity index (χ4n) is 2.50. The monoisotopic (exact) mass is 389 g/mol. The van der Waals surface area contributed by atoms with Gasteiger partial charge in [0, 0.05) is 19.8 Å². The van der Waals surface area contributed by atoms with Crippen LogP contribution in [0.5, 0.6) is 0 Å². The summed E-state index contributed by atoms with van der Waals surface area (Å²) in [6.07, 6.45) is 0. The molecule has 0 bridgehead atoms. The van der Waals surface area contributed by atoms with Gasteiger partial charge >= 0.3 is 5.69 Å². The first kappa shape index (κ1) is 18.8. The minimum atomic E-state index is -0.519. The van der Waals surface area contributed by atoms with E-state index in [1.807, 2.05) is 0 Å². The fraction of sp³-hybridized carbons (Fsp3) is 0.235. The molecule has 10 heteroatoms. The maximum Gasteiger partial charge on any atom is 0.332 e. The molecular formula is C17H16FN5O3S. The lowest BCUT2D eigenvalue weighted by atomic mass is 10.3.